The minimum Gasteiger partial charge on any atom is -0.355 e. The molecule has 22 heavy (non-hydrogen) atoms. The summed E-state index contributed by atoms with van der Waals surface area (Å²) in [6, 6.07) is 3.85. The number of hydrogen-bond donors (Lipinski definition) is 2. The van der Waals surface area contributed by atoms with Crippen molar-refractivity contribution in [3.8, 4) is 0 Å². The molecule has 0 fully saturated rings. The lowest BCUT2D eigenvalue weighted by Crippen LogP contribution is -2.34. The maximum absolute atomic E-state index is 12.5. The average Bonchev–Trinajstić information content (AvgIpc) is 2.32. The minimum absolute atomic E-state index is 0.0311. The summed E-state index contributed by atoms with van der Waals surface area (Å²) in [6.07, 6.45) is 0. The third-order valence-corrected chi connectivity index (χ3v) is 5.15. The maximum Gasteiger partial charge on any atom is 0.241 e. The number of sulfonamides is 1. The second kappa shape index (κ2) is 6.79. The van der Waals surface area contributed by atoms with Crippen LogP contribution in [0.5, 0.6) is 0 Å². The van der Waals surface area contributed by atoms with Crippen LogP contribution in [0.3, 0.4) is 0 Å². The fourth-order valence-electron chi connectivity index (χ4n) is 2.30. The Bertz CT molecular complexity index is 635. The second-order valence-electron chi connectivity index (χ2n) is 6.57. The first-order valence-electron chi connectivity index (χ1n) is 7.31. The molecule has 0 saturated carbocycles. The molecule has 0 aromatic heterocycles. The van der Waals surface area contributed by atoms with E-state index in [1.54, 1.807) is 0 Å². The Kier molecular flexibility index (Phi) is 5.76. The van der Waals surface area contributed by atoms with Crippen molar-refractivity contribution in [1.29, 1.82) is 0 Å². The molecule has 0 radical (unpaired) electrons. The normalized spacial score (nSPS) is 12.3. The summed E-state index contributed by atoms with van der Waals surface area (Å²) in [5, 5.41) is 2.56. The first-order chi connectivity index (χ1) is 9.95. The third kappa shape index (κ3) is 4.81. The van der Waals surface area contributed by atoms with Gasteiger partial charge in [-0.2, -0.15) is 0 Å². The molecule has 0 heterocycles. The van der Waals surface area contributed by atoms with E-state index in [-0.39, 0.29) is 24.4 Å². The van der Waals surface area contributed by atoms with Crippen molar-refractivity contribution < 1.29 is 13.2 Å². The van der Waals surface area contributed by atoms with Gasteiger partial charge in [-0.05, 0) is 36.0 Å². The standard InChI is InChI=1S/C16H26N2O3S/c1-11-9-14(16(4,5)6)10-12(2)15(11)22(20,21)18-8-7-17-13(3)19/h9-10,18H,7-8H2,1-6H3,(H,17,19). The number of aryl methyl sites for hydroxylation is 2. The fraction of sp³-hybridized carbons (Fsp3) is 0.562. The molecule has 0 aliphatic carbocycles. The zero-order valence-electron chi connectivity index (χ0n) is 14.2. The van der Waals surface area contributed by atoms with E-state index in [1.165, 1.54) is 6.92 Å². The summed E-state index contributed by atoms with van der Waals surface area (Å²) in [7, 11) is -3.58. The van der Waals surface area contributed by atoms with Crippen molar-refractivity contribution >= 4 is 15.9 Å². The largest absolute Gasteiger partial charge is 0.355 e. The zero-order valence-corrected chi connectivity index (χ0v) is 15.0. The highest BCUT2D eigenvalue weighted by atomic mass is 32.2. The molecule has 0 spiro atoms. The lowest BCUT2D eigenvalue weighted by Gasteiger charge is -2.22. The number of carbonyl (C=O) groups excluding carboxylic acids is 1. The zero-order chi connectivity index (χ0) is 17.1. The monoisotopic (exact) mass is 326 g/mol. The van der Waals surface area contributed by atoms with Crippen LogP contribution < -0.4 is 10.0 Å². The van der Waals surface area contributed by atoms with Gasteiger partial charge in [-0.25, -0.2) is 13.1 Å². The van der Waals surface area contributed by atoms with E-state index in [1.807, 2.05) is 26.0 Å². The Morgan fingerprint density at radius 3 is 2.00 bits per heavy atom. The molecule has 5 nitrogen and oxygen atoms in total. The number of rotatable bonds is 5. The molecular formula is C16H26N2O3S. The van der Waals surface area contributed by atoms with Gasteiger partial charge in [-0.15, -0.1) is 0 Å². The number of hydrogen-bond acceptors (Lipinski definition) is 3. The average molecular weight is 326 g/mol. The van der Waals surface area contributed by atoms with Gasteiger partial charge in [0.25, 0.3) is 0 Å². The fourth-order valence-corrected chi connectivity index (χ4v) is 3.78. The minimum atomic E-state index is -3.58. The van der Waals surface area contributed by atoms with Gasteiger partial charge in [0.1, 0.15) is 0 Å². The van der Waals surface area contributed by atoms with Gasteiger partial charge in [0.2, 0.25) is 15.9 Å². The Morgan fingerprint density at radius 1 is 1.09 bits per heavy atom. The van der Waals surface area contributed by atoms with Gasteiger partial charge in [0, 0.05) is 20.0 Å². The highest BCUT2D eigenvalue weighted by Gasteiger charge is 2.22. The maximum atomic E-state index is 12.5. The summed E-state index contributed by atoms with van der Waals surface area (Å²) in [5.41, 5.74) is 2.55. The van der Waals surface area contributed by atoms with Crippen molar-refractivity contribution in [3.05, 3.63) is 28.8 Å². The van der Waals surface area contributed by atoms with Crippen LogP contribution in [0.15, 0.2) is 17.0 Å². The summed E-state index contributed by atoms with van der Waals surface area (Å²) in [6.45, 7) is 11.8. The Labute approximate surface area is 133 Å². The molecule has 0 unspecified atom stereocenters. The Balaban J connectivity index is 3.03. The van der Waals surface area contributed by atoms with Crippen LogP contribution >= 0.6 is 0 Å². The molecule has 0 saturated heterocycles. The van der Waals surface area contributed by atoms with E-state index in [0.29, 0.717) is 4.90 Å². The second-order valence-corrected chi connectivity index (χ2v) is 8.27. The van der Waals surface area contributed by atoms with Crippen LogP contribution in [-0.4, -0.2) is 27.4 Å². The molecule has 1 aromatic rings. The number of benzene rings is 1. The molecule has 0 aliphatic heterocycles. The van der Waals surface area contributed by atoms with E-state index >= 15 is 0 Å². The summed E-state index contributed by atoms with van der Waals surface area (Å²) < 4.78 is 27.4. The van der Waals surface area contributed by atoms with Crippen LogP contribution in [0.4, 0.5) is 0 Å². The van der Waals surface area contributed by atoms with Crippen molar-refractivity contribution in [2.75, 3.05) is 13.1 Å². The summed E-state index contributed by atoms with van der Waals surface area (Å²) >= 11 is 0. The van der Waals surface area contributed by atoms with Gasteiger partial charge < -0.3 is 5.32 Å². The van der Waals surface area contributed by atoms with Crippen LogP contribution in [0.2, 0.25) is 0 Å². The number of nitrogens with one attached hydrogen (secondary N) is 2. The number of carbonyl (C=O) groups is 1. The van der Waals surface area contributed by atoms with Crippen molar-refractivity contribution in [2.45, 2.75) is 51.9 Å². The Hall–Kier alpha value is -1.40. The van der Waals surface area contributed by atoms with E-state index in [2.05, 4.69) is 30.8 Å². The molecule has 0 bridgehead atoms. The molecular weight excluding hydrogens is 300 g/mol. The topological polar surface area (TPSA) is 75.3 Å². The first-order valence-corrected chi connectivity index (χ1v) is 8.79. The predicted octanol–water partition coefficient (Wildman–Crippen LogP) is 2.02. The highest BCUT2D eigenvalue weighted by Crippen LogP contribution is 2.28. The van der Waals surface area contributed by atoms with Gasteiger partial charge in [-0.1, -0.05) is 32.9 Å². The van der Waals surface area contributed by atoms with Gasteiger partial charge in [0.15, 0.2) is 0 Å². The van der Waals surface area contributed by atoms with Crippen LogP contribution in [0.25, 0.3) is 0 Å². The molecule has 124 valence electrons. The Morgan fingerprint density at radius 2 is 1.59 bits per heavy atom. The molecule has 2 N–H and O–H groups in total. The van der Waals surface area contributed by atoms with Crippen molar-refractivity contribution in [2.24, 2.45) is 0 Å². The SMILES string of the molecule is CC(=O)NCCNS(=O)(=O)c1c(C)cc(C(C)(C)C)cc1C. The highest BCUT2D eigenvalue weighted by molar-refractivity contribution is 7.89. The predicted molar refractivity (Wildman–Crippen MR) is 88.5 cm³/mol. The van der Waals surface area contributed by atoms with E-state index in [4.69, 9.17) is 0 Å². The van der Waals surface area contributed by atoms with E-state index in [0.717, 1.165) is 16.7 Å². The van der Waals surface area contributed by atoms with Gasteiger partial charge in [-0.3, -0.25) is 4.79 Å². The lowest BCUT2D eigenvalue weighted by atomic mass is 9.85. The van der Waals surface area contributed by atoms with Crippen LogP contribution in [0.1, 0.15) is 44.4 Å². The third-order valence-electron chi connectivity index (χ3n) is 3.39. The van der Waals surface area contributed by atoms with Crippen molar-refractivity contribution in [1.82, 2.24) is 10.0 Å². The molecule has 6 heteroatoms. The van der Waals surface area contributed by atoms with Gasteiger partial charge in [0.05, 0.1) is 4.90 Å². The first kappa shape index (κ1) is 18.6. The number of amides is 1. The van der Waals surface area contributed by atoms with E-state index < -0.39 is 10.0 Å². The summed E-state index contributed by atoms with van der Waals surface area (Å²) in [5.74, 6) is -0.180. The van der Waals surface area contributed by atoms with Gasteiger partial charge >= 0.3 is 0 Å². The van der Waals surface area contributed by atoms with Crippen LogP contribution in [0, 0.1) is 13.8 Å². The quantitative estimate of drug-likeness (QED) is 0.813. The molecule has 0 aliphatic rings. The summed E-state index contributed by atoms with van der Waals surface area (Å²) in [4.78, 5) is 11.1. The molecule has 0 atom stereocenters. The smallest absolute Gasteiger partial charge is 0.241 e. The molecule has 1 amide bonds. The lowest BCUT2D eigenvalue weighted by molar-refractivity contribution is -0.118. The van der Waals surface area contributed by atoms with Crippen LogP contribution in [-0.2, 0) is 20.2 Å². The van der Waals surface area contributed by atoms with Crippen molar-refractivity contribution in [3.63, 3.8) is 0 Å². The molecule has 1 aromatic carbocycles. The van der Waals surface area contributed by atoms with E-state index in [9.17, 15) is 13.2 Å². The molecule has 1 rings (SSSR count).